The van der Waals surface area contributed by atoms with Crippen LogP contribution in [0.2, 0.25) is 0 Å². The van der Waals surface area contributed by atoms with Gasteiger partial charge in [0.1, 0.15) is 12.2 Å². The third-order valence-electron chi connectivity index (χ3n) is 3.75. The van der Waals surface area contributed by atoms with E-state index in [0.29, 0.717) is 11.5 Å². The van der Waals surface area contributed by atoms with Crippen molar-refractivity contribution in [3.63, 3.8) is 0 Å². The second-order valence-electron chi connectivity index (χ2n) is 5.10. The minimum atomic E-state index is 0.484. The number of hydrogen-bond donors (Lipinski definition) is 1. The molecule has 1 aliphatic carbocycles. The Kier molecular flexibility index (Phi) is 3.28. The van der Waals surface area contributed by atoms with Gasteiger partial charge in [-0.15, -0.1) is 0 Å². The molecule has 0 radical (unpaired) electrons. The van der Waals surface area contributed by atoms with Gasteiger partial charge in [-0.3, -0.25) is 4.68 Å². The average Bonchev–Trinajstić information content (AvgIpc) is 2.87. The Labute approximate surface area is 97.5 Å². The predicted octanol–water partition coefficient (Wildman–Crippen LogP) is 1.62. The molecule has 90 valence electrons. The summed E-state index contributed by atoms with van der Waals surface area (Å²) in [5.74, 6) is 1.12. The van der Waals surface area contributed by atoms with Crippen LogP contribution in [0.15, 0.2) is 6.33 Å². The van der Waals surface area contributed by atoms with Gasteiger partial charge in [0, 0.05) is 19.0 Å². The van der Waals surface area contributed by atoms with E-state index >= 15 is 0 Å². The lowest BCUT2D eigenvalue weighted by Crippen LogP contribution is -2.36. The van der Waals surface area contributed by atoms with Crippen molar-refractivity contribution in [3.05, 3.63) is 12.2 Å². The van der Waals surface area contributed by atoms with Crippen LogP contribution in [-0.2, 0) is 13.0 Å². The van der Waals surface area contributed by atoms with E-state index in [2.05, 4.69) is 36.3 Å². The minimum absolute atomic E-state index is 0.484. The molecule has 16 heavy (non-hydrogen) atoms. The van der Waals surface area contributed by atoms with Crippen molar-refractivity contribution >= 4 is 0 Å². The fourth-order valence-corrected chi connectivity index (χ4v) is 2.27. The maximum Gasteiger partial charge on any atom is 0.138 e. The summed E-state index contributed by atoms with van der Waals surface area (Å²) >= 11 is 0. The molecule has 1 aliphatic rings. The topological polar surface area (TPSA) is 42.7 Å². The van der Waals surface area contributed by atoms with Crippen molar-refractivity contribution in [1.29, 1.82) is 0 Å². The molecule has 1 aromatic heterocycles. The van der Waals surface area contributed by atoms with Crippen LogP contribution < -0.4 is 5.32 Å². The van der Waals surface area contributed by atoms with Gasteiger partial charge in [0.15, 0.2) is 0 Å². The molecule has 4 nitrogen and oxygen atoms in total. The summed E-state index contributed by atoms with van der Waals surface area (Å²) < 4.78 is 2.04. The Morgan fingerprint density at radius 3 is 2.88 bits per heavy atom. The van der Waals surface area contributed by atoms with Gasteiger partial charge in [-0.1, -0.05) is 13.8 Å². The van der Waals surface area contributed by atoms with Crippen molar-refractivity contribution in [2.75, 3.05) is 7.05 Å². The van der Waals surface area contributed by atoms with Gasteiger partial charge in [0.2, 0.25) is 0 Å². The van der Waals surface area contributed by atoms with Gasteiger partial charge in [0.05, 0.1) is 0 Å². The van der Waals surface area contributed by atoms with E-state index < -0.39 is 0 Å². The second kappa shape index (κ2) is 4.53. The normalized spacial score (nSPS) is 19.7. The highest BCUT2D eigenvalue weighted by atomic mass is 15.3. The highest BCUT2D eigenvalue weighted by molar-refractivity contribution is 5.03. The Morgan fingerprint density at radius 2 is 2.31 bits per heavy atom. The number of likely N-dealkylation sites (N-methyl/N-ethyl adjacent to an activating group) is 1. The third-order valence-corrected chi connectivity index (χ3v) is 3.75. The van der Waals surface area contributed by atoms with Crippen LogP contribution in [-0.4, -0.2) is 27.9 Å². The van der Waals surface area contributed by atoms with Gasteiger partial charge in [-0.25, -0.2) is 4.98 Å². The molecule has 0 amide bonds. The van der Waals surface area contributed by atoms with E-state index in [1.54, 1.807) is 6.33 Å². The van der Waals surface area contributed by atoms with Gasteiger partial charge < -0.3 is 5.32 Å². The first-order valence-corrected chi connectivity index (χ1v) is 6.23. The van der Waals surface area contributed by atoms with Crippen LogP contribution in [0.3, 0.4) is 0 Å². The zero-order valence-corrected chi connectivity index (χ0v) is 10.5. The van der Waals surface area contributed by atoms with Gasteiger partial charge in [0.25, 0.3) is 0 Å². The van der Waals surface area contributed by atoms with Crippen LogP contribution in [0.1, 0.15) is 38.9 Å². The minimum Gasteiger partial charge on any atom is -0.316 e. The summed E-state index contributed by atoms with van der Waals surface area (Å²) in [6.45, 7) is 5.50. The summed E-state index contributed by atoms with van der Waals surface area (Å²) in [7, 11) is 2.05. The van der Waals surface area contributed by atoms with Gasteiger partial charge in [-0.2, -0.15) is 5.10 Å². The lowest BCUT2D eigenvalue weighted by Gasteiger charge is -2.22. The molecule has 0 aliphatic heterocycles. The second-order valence-corrected chi connectivity index (χ2v) is 5.10. The van der Waals surface area contributed by atoms with E-state index in [4.69, 9.17) is 0 Å². The maximum atomic E-state index is 4.38. The van der Waals surface area contributed by atoms with Crippen LogP contribution >= 0.6 is 0 Å². The van der Waals surface area contributed by atoms with Crippen molar-refractivity contribution in [3.8, 4) is 0 Å². The number of nitrogens with zero attached hydrogens (tertiary/aromatic N) is 3. The summed E-state index contributed by atoms with van der Waals surface area (Å²) in [4.78, 5) is 4.38. The highest BCUT2D eigenvalue weighted by Crippen LogP contribution is 2.48. The first-order chi connectivity index (χ1) is 7.69. The monoisotopic (exact) mass is 222 g/mol. The van der Waals surface area contributed by atoms with Gasteiger partial charge >= 0.3 is 0 Å². The number of nitrogens with one attached hydrogen (secondary N) is 1. The van der Waals surface area contributed by atoms with Gasteiger partial charge in [-0.05, 0) is 31.7 Å². The molecular weight excluding hydrogens is 200 g/mol. The summed E-state index contributed by atoms with van der Waals surface area (Å²) in [5.41, 5.74) is 0.484. The molecule has 2 rings (SSSR count). The molecule has 0 bridgehead atoms. The molecule has 4 heteroatoms. The molecular formula is C12H22N4. The van der Waals surface area contributed by atoms with E-state index in [0.717, 1.165) is 25.2 Å². The molecule has 0 saturated heterocycles. The van der Waals surface area contributed by atoms with Crippen LogP contribution in [0.25, 0.3) is 0 Å². The van der Waals surface area contributed by atoms with E-state index in [1.165, 1.54) is 12.8 Å². The quantitative estimate of drug-likeness (QED) is 0.795. The van der Waals surface area contributed by atoms with Crippen molar-refractivity contribution in [2.24, 2.45) is 5.41 Å². The Bertz CT molecular complexity index is 341. The third kappa shape index (κ3) is 2.26. The average molecular weight is 222 g/mol. The SMILES string of the molecule is CCCn1ncnc1CC(NC)C1(C)CC1. The first-order valence-electron chi connectivity index (χ1n) is 6.23. The molecule has 1 fully saturated rings. The van der Waals surface area contributed by atoms with Crippen LogP contribution in [0.5, 0.6) is 0 Å². The largest absolute Gasteiger partial charge is 0.316 e. The van der Waals surface area contributed by atoms with E-state index in [9.17, 15) is 0 Å². The number of aryl methyl sites for hydroxylation is 1. The van der Waals surface area contributed by atoms with E-state index in [1.807, 2.05) is 4.68 Å². The maximum absolute atomic E-state index is 4.38. The zero-order valence-electron chi connectivity index (χ0n) is 10.5. The molecule has 1 N–H and O–H groups in total. The predicted molar refractivity (Wildman–Crippen MR) is 64.2 cm³/mol. The fourth-order valence-electron chi connectivity index (χ4n) is 2.27. The lowest BCUT2D eigenvalue weighted by atomic mass is 9.96. The Morgan fingerprint density at radius 1 is 1.56 bits per heavy atom. The molecule has 1 atom stereocenters. The fraction of sp³-hybridized carbons (Fsp3) is 0.833. The van der Waals surface area contributed by atoms with Crippen LogP contribution in [0, 0.1) is 5.41 Å². The Hall–Kier alpha value is -0.900. The smallest absolute Gasteiger partial charge is 0.138 e. The number of aromatic nitrogens is 3. The number of hydrogen-bond acceptors (Lipinski definition) is 3. The highest BCUT2D eigenvalue weighted by Gasteiger charge is 2.44. The molecule has 0 spiro atoms. The molecule has 1 heterocycles. The van der Waals surface area contributed by atoms with Crippen LogP contribution in [0.4, 0.5) is 0 Å². The summed E-state index contributed by atoms with van der Waals surface area (Å²) in [5, 5.41) is 7.70. The van der Waals surface area contributed by atoms with E-state index in [-0.39, 0.29) is 0 Å². The summed E-state index contributed by atoms with van der Waals surface area (Å²) in [6.07, 6.45) is 6.44. The lowest BCUT2D eigenvalue weighted by molar-refractivity contribution is 0.363. The number of rotatable bonds is 6. The molecule has 1 aromatic rings. The van der Waals surface area contributed by atoms with Crippen molar-refractivity contribution < 1.29 is 0 Å². The standard InChI is InChI=1S/C12H22N4/c1-4-7-16-11(14-9-15-16)8-10(13-3)12(2)5-6-12/h9-10,13H,4-8H2,1-3H3. The zero-order chi connectivity index (χ0) is 11.6. The molecule has 1 unspecified atom stereocenters. The van der Waals surface area contributed by atoms with Crippen molar-refractivity contribution in [2.45, 2.75) is 52.1 Å². The molecule has 1 saturated carbocycles. The molecule has 0 aromatic carbocycles. The Balaban J connectivity index is 2.04. The van der Waals surface area contributed by atoms with Crippen molar-refractivity contribution in [1.82, 2.24) is 20.1 Å². The first kappa shape index (κ1) is 11.6. The summed E-state index contributed by atoms with van der Waals surface area (Å²) in [6, 6.07) is 0.535.